The van der Waals surface area contributed by atoms with E-state index in [1.165, 1.54) is 0 Å². The minimum atomic E-state index is 0.190. The molecule has 1 atom stereocenters. The molecule has 0 aromatic carbocycles. The smallest absolute Gasteiger partial charge is 0.223 e. The summed E-state index contributed by atoms with van der Waals surface area (Å²) < 4.78 is 0. The summed E-state index contributed by atoms with van der Waals surface area (Å²) in [5.74, 6) is 0.505. The Bertz CT molecular complexity index is 175. The van der Waals surface area contributed by atoms with Crippen molar-refractivity contribution >= 4 is 5.91 Å². The van der Waals surface area contributed by atoms with Crippen LogP contribution in [-0.4, -0.2) is 12.5 Å². The average Bonchev–Trinajstić information content (AvgIpc) is 2.35. The van der Waals surface area contributed by atoms with E-state index in [-0.39, 0.29) is 17.2 Å². The molecule has 70 valence electrons. The van der Waals surface area contributed by atoms with Crippen LogP contribution in [-0.2, 0) is 4.79 Å². The maximum atomic E-state index is 11.4. The van der Waals surface area contributed by atoms with Gasteiger partial charge >= 0.3 is 0 Å². The van der Waals surface area contributed by atoms with Gasteiger partial charge in [-0.2, -0.15) is 0 Å². The van der Waals surface area contributed by atoms with Crippen LogP contribution in [0.5, 0.6) is 0 Å². The van der Waals surface area contributed by atoms with Crippen LogP contribution in [0, 0.1) is 11.3 Å². The Kier molecular flexibility index (Phi) is 2.76. The zero-order valence-corrected chi connectivity index (χ0v) is 8.31. The molecule has 0 aromatic heterocycles. The first-order valence-electron chi connectivity index (χ1n) is 4.85. The summed E-state index contributed by atoms with van der Waals surface area (Å²) >= 11 is 0. The van der Waals surface area contributed by atoms with Crippen molar-refractivity contribution < 1.29 is 4.79 Å². The van der Waals surface area contributed by atoms with Gasteiger partial charge in [0.15, 0.2) is 0 Å². The van der Waals surface area contributed by atoms with Crippen LogP contribution in [0.25, 0.3) is 0 Å². The molecule has 0 radical (unpaired) electrons. The van der Waals surface area contributed by atoms with Crippen molar-refractivity contribution in [1.82, 2.24) is 5.32 Å². The summed E-state index contributed by atoms with van der Waals surface area (Å²) in [7, 11) is 0. The molecule has 1 aliphatic rings. The molecule has 1 heterocycles. The highest BCUT2D eigenvalue weighted by Gasteiger charge is 2.36. The van der Waals surface area contributed by atoms with Gasteiger partial charge in [-0.05, 0) is 18.3 Å². The molecule has 0 saturated carbocycles. The van der Waals surface area contributed by atoms with E-state index in [4.69, 9.17) is 0 Å². The number of carbonyl (C=O) groups excluding carboxylic acids is 1. The van der Waals surface area contributed by atoms with Crippen molar-refractivity contribution in [3.63, 3.8) is 0 Å². The molecule has 1 rings (SSSR count). The molecule has 0 bridgehead atoms. The molecule has 1 aliphatic heterocycles. The van der Waals surface area contributed by atoms with Gasteiger partial charge in [-0.25, -0.2) is 0 Å². The van der Waals surface area contributed by atoms with Gasteiger partial charge in [-0.3, -0.25) is 4.79 Å². The highest BCUT2D eigenvalue weighted by atomic mass is 16.2. The number of amides is 1. The Morgan fingerprint density at radius 1 is 1.58 bits per heavy atom. The summed E-state index contributed by atoms with van der Waals surface area (Å²) in [6.07, 6.45) is 3.33. The van der Waals surface area contributed by atoms with Crippen molar-refractivity contribution in [3.05, 3.63) is 0 Å². The van der Waals surface area contributed by atoms with E-state index in [9.17, 15) is 4.79 Å². The summed E-state index contributed by atoms with van der Waals surface area (Å²) in [6, 6.07) is 0. The Hall–Kier alpha value is -0.530. The second kappa shape index (κ2) is 3.46. The van der Waals surface area contributed by atoms with Crippen LogP contribution < -0.4 is 5.32 Å². The second-order valence-corrected chi connectivity index (χ2v) is 4.37. The van der Waals surface area contributed by atoms with Gasteiger partial charge in [-0.1, -0.05) is 27.2 Å². The van der Waals surface area contributed by atoms with Crippen LogP contribution in [0.1, 0.15) is 40.0 Å². The van der Waals surface area contributed by atoms with E-state index in [0.717, 1.165) is 25.8 Å². The minimum Gasteiger partial charge on any atom is -0.356 e. The van der Waals surface area contributed by atoms with Gasteiger partial charge in [0.1, 0.15) is 0 Å². The fraction of sp³-hybridized carbons (Fsp3) is 0.900. The van der Waals surface area contributed by atoms with Crippen LogP contribution in [0.4, 0.5) is 0 Å². The van der Waals surface area contributed by atoms with Crippen LogP contribution in [0.2, 0.25) is 0 Å². The highest BCUT2D eigenvalue weighted by Crippen LogP contribution is 2.36. The lowest BCUT2D eigenvalue weighted by Gasteiger charge is -2.29. The summed E-state index contributed by atoms with van der Waals surface area (Å²) in [5.41, 5.74) is 0.190. The van der Waals surface area contributed by atoms with E-state index in [2.05, 4.69) is 26.1 Å². The number of rotatable bonds is 3. The van der Waals surface area contributed by atoms with Gasteiger partial charge in [0.05, 0.1) is 0 Å². The number of carbonyl (C=O) groups is 1. The van der Waals surface area contributed by atoms with E-state index < -0.39 is 0 Å². The van der Waals surface area contributed by atoms with Gasteiger partial charge < -0.3 is 5.32 Å². The molecule has 1 saturated heterocycles. The Labute approximate surface area is 74.7 Å². The van der Waals surface area contributed by atoms with E-state index in [1.54, 1.807) is 0 Å². The molecule has 1 fully saturated rings. The SMILES string of the molecule is CCCC(C)(C)C1CCNC1=O. The molecule has 1 amide bonds. The van der Waals surface area contributed by atoms with E-state index in [1.807, 2.05) is 0 Å². The maximum absolute atomic E-state index is 11.4. The Morgan fingerprint density at radius 2 is 2.25 bits per heavy atom. The summed E-state index contributed by atoms with van der Waals surface area (Å²) in [5, 5.41) is 2.90. The van der Waals surface area contributed by atoms with Gasteiger partial charge in [0, 0.05) is 12.5 Å². The third-order valence-corrected chi connectivity index (χ3v) is 2.89. The standard InChI is InChI=1S/C10H19NO/c1-4-6-10(2,3)8-5-7-11-9(8)12/h8H,4-7H2,1-3H3,(H,11,12). The quantitative estimate of drug-likeness (QED) is 0.687. The first-order valence-corrected chi connectivity index (χ1v) is 4.85. The summed E-state index contributed by atoms with van der Waals surface area (Å²) in [6.45, 7) is 7.45. The molecule has 1 unspecified atom stereocenters. The molecule has 2 heteroatoms. The van der Waals surface area contributed by atoms with Crippen molar-refractivity contribution in [1.29, 1.82) is 0 Å². The van der Waals surface area contributed by atoms with Crippen LogP contribution in [0.3, 0.4) is 0 Å². The molecule has 1 N–H and O–H groups in total. The number of hydrogen-bond donors (Lipinski definition) is 1. The predicted molar refractivity (Wildman–Crippen MR) is 49.8 cm³/mol. The molecule has 2 nitrogen and oxygen atoms in total. The molecule has 12 heavy (non-hydrogen) atoms. The van der Waals surface area contributed by atoms with Gasteiger partial charge in [0.2, 0.25) is 5.91 Å². The fourth-order valence-electron chi connectivity index (χ4n) is 2.16. The van der Waals surface area contributed by atoms with Crippen LogP contribution >= 0.6 is 0 Å². The Balaban J connectivity index is 2.60. The zero-order valence-electron chi connectivity index (χ0n) is 8.31. The predicted octanol–water partition coefficient (Wildman–Crippen LogP) is 1.95. The van der Waals surface area contributed by atoms with E-state index in [0.29, 0.717) is 0 Å². The minimum absolute atomic E-state index is 0.190. The van der Waals surface area contributed by atoms with Crippen molar-refractivity contribution in [2.24, 2.45) is 11.3 Å². The normalized spacial score (nSPS) is 24.2. The molecule has 0 aliphatic carbocycles. The third kappa shape index (κ3) is 1.79. The zero-order chi connectivity index (χ0) is 9.19. The second-order valence-electron chi connectivity index (χ2n) is 4.37. The topological polar surface area (TPSA) is 29.1 Å². The van der Waals surface area contributed by atoms with Crippen molar-refractivity contribution in [2.75, 3.05) is 6.54 Å². The molecule has 0 aromatic rings. The fourth-order valence-corrected chi connectivity index (χ4v) is 2.16. The van der Waals surface area contributed by atoms with Crippen molar-refractivity contribution in [2.45, 2.75) is 40.0 Å². The maximum Gasteiger partial charge on any atom is 0.223 e. The molecular weight excluding hydrogens is 150 g/mol. The van der Waals surface area contributed by atoms with Crippen molar-refractivity contribution in [3.8, 4) is 0 Å². The first-order chi connectivity index (χ1) is 5.58. The van der Waals surface area contributed by atoms with E-state index >= 15 is 0 Å². The lowest BCUT2D eigenvalue weighted by atomic mass is 9.75. The lowest BCUT2D eigenvalue weighted by Crippen LogP contribution is -2.30. The first kappa shape index (κ1) is 9.56. The van der Waals surface area contributed by atoms with Gasteiger partial charge in [-0.15, -0.1) is 0 Å². The molecular formula is C10H19NO. The molecule has 0 spiro atoms. The largest absolute Gasteiger partial charge is 0.356 e. The van der Waals surface area contributed by atoms with Gasteiger partial charge in [0.25, 0.3) is 0 Å². The lowest BCUT2D eigenvalue weighted by molar-refractivity contribution is -0.125. The third-order valence-electron chi connectivity index (χ3n) is 2.89. The number of hydrogen-bond acceptors (Lipinski definition) is 1. The average molecular weight is 169 g/mol. The monoisotopic (exact) mass is 169 g/mol. The highest BCUT2D eigenvalue weighted by molar-refractivity contribution is 5.81. The number of nitrogens with one attached hydrogen (secondary N) is 1. The Morgan fingerprint density at radius 3 is 2.67 bits per heavy atom. The van der Waals surface area contributed by atoms with Crippen LogP contribution in [0.15, 0.2) is 0 Å². The summed E-state index contributed by atoms with van der Waals surface area (Å²) in [4.78, 5) is 11.4.